The van der Waals surface area contributed by atoms with Crippen molar-refractivity contribution in [1.29, 1.82) is 0 Å². The van der Waals surface area contributed by atoms with Crippen molar-refractivity contribution < 1.29 is 18.0 Å². The number of hydrogen-bond acceptors (Lipinski definition) is 3. The first kappa shape index (κ1) is 17.6. The van der Waals surface area contributed by atoms with E-state index in [2.05, 4.69) is 20.9 Å². The number of amides is 2. The van der Waals surface area contributed by atoms with Gasteiger partial charge in [-0.3, -0.25) is 5.32 Å². The molecule has 24 heavy (non-hydrogen) atoms. The summed E-state index contributed by atoms with van der Waals surface area (Å²) in [6.07, 6.45) is -2.88. The van der Waals surface area contributed by atoms with E-state index in [0.717, 1.165) is 12.1 Å². The van der Waals surface area contributed by atoms with Crippen molar-refractivity contribution in [3.8, 4) is 0 Å². The van der Waals surface area contributed by atoms with Gasteiger partial charge in [0.15, 0.2) is 0 Å². The number of nitrogens with one attached hydrogen (secondary N) is 3. The van der Waals surface area contributed by atoms with Crippen LogP contribution in [0.2, 0.25) is 0 Å². The number of anilines is 3. The van der Waals surface area contributed by atoms with Gasteiger partial charge in [0.1, 0.15) is 5.82 Å². The Morgan fingerprint density at radius 3 is 2.17 bits per heavy atom. The van der Waals surface area contributed by atoms with Crippen molar-refractivity contribution in [2.45, 2.75) is 26.1 Å². The molecule has 0 aliphatic heterocycles. The molecular weight excluding hydrogens is 321 g/mol. The lowest BCUT2D eigenvalue weighted by Crippen LogP contribution is -2.34. The summed E-state index contributed by atoms with van der Waals surface area (Å²) in [4.78, 5) is 15.6. The van der Waals surface area contributed by atoms with Crippen LogP contribution in [-0.4, -0.2) is 17.1 Å². The van der Waals surface area contributed by atoms with Crippen LogP contribution in [0.15, 0.2) is 42.6 Å². The molecule has 8 heteroatoms. The maximum atomic E-state index is 12.5. The number of rotatable bonds is 4. The highest BCUT2D eigenvalue weighted by atomic mass is 19.4. The molecule has 0 saturated heterocycles. The second-order valence-corrected chi connectivity index (χ2v) is 5.39. The van der Waals surface area contributed by atoms with Crippen LogP contribution in [0, 0.1) is 0 Å². The van der Waals surface area contributed by atoms with Gasteiger partial charge >= 0.3 is 12.2 Å². The van der Waals surface area contributed by atoms with Gasteiger partial charge in [0.05, 0.1) is 17.4 Å². The number of urea groups is 1. The molecule has 3 N–H and O–H groups in total. The van der Waals surface area contributed by atoms with E-state index in [4.69, 9.17) is 0 Å². The van der Waals surface area contributed by atoms with Crippen LogP contribution in [0.25, 0.3) is 0 Å². The van der Waals surface area contributed by atoms with Gasteiger partial charge < -0.3 is 10.6 Å². The molecule has 0 aliphatic carbocycles. The number of nitrogens with zero attached hydrogens (tertiary/aromatic N) is 1. The second-order valence-electron chi connectivity index (χ2n) is 5.39. The molecule has 0 radical (unpaired) electrons. The quantitative estimate of drug-likeness (QED) is 0.775. The minimum absolute atomic E-state index is 0.00519. The number of pyridine rings is 1. The molecule has 0 aliphatic rings. The van der Waals surface area contributed by atoms with Gasteiger partial charge in [-0.05, 0) is 50.2 Å². The summed E-state index contributed by atoms with van der Waals surface area (Å²) in [5.74, 6) is 0.367. The number of halogens is 3. The van der Waals surface area contributed by atoms with Crippen molar-refractivity contribution in [1.82, 2.24) is 10.3 Å². The molecular formula is C16H17F3N4O. The van der Waals surface area contributed by atoms with E-state index in [1.807, 2.05) is 13.8 Å². The minimum atomic E-state index is -4.36. The van der Waals surface area contributed by atoms with Crippen LogP contribution in [0.4, 0.5) is 35.2 Å². The van der Waals surface area contributed by atoms with E-state index < -0.39 is 11.7 Å². The van der Waals surface area contributed by atoms with E-state index in [1.165, 1.54) is 18.3 Å². The van der Waals surface area contributed by atoms with Crippen LogP contribution in [0.1, 0.15) is 19.4 Å². The number of aromatic nitrogens is 1. The first-order valence-electron chi connectivity index (χ1n) is 7.22. The minimum Gasteiger partial charge on any atom is -0.354 e. The van der Waals surface area contributed by atoms with Crippen LogP contribution < -0.4 is 16.0 Å². The summed E-state index contributed by atoms with van der Waals surface area (Å²) in [6, 6.07) is 7.58. The van der Waals surface area contributed by atoms with Gasteiger partial charge in [0.25, 0.3) is 0 Å². The molecule has 2 amide bonds. The zero-order chi connectivity index (χ0) is 17.7. The summed E-state index contributed by atoms with van der Waals surface area (Å²) >= 11 is 0. The predicted octanol–water partition coefficient (Wildman–Crippen LogP) is 4.37. The summed E-state index contributed by atoms with van der Waals surface area (Å²) in [6.45, 7) is 3.67. The molecule has 1 heterocycles. The van der Waals surface area contributed by atoms with Gasteiger partial charge in [-0.1, -0.05) is 0 Å². The Hall–Kier alpha value is -2.77. The van der Waals surface area contributed by atoms with E-state index in [-0.39, 0.29) is 12.1 Å². The molecule has 0 spiro atoms. The van der Waals surface area contributed by atoms with E-state index in [1.54, 1.807) is 12.1 Å². The molecule has 5 nitrogen and oxygen atoms in total. The summed E-state index contributed by atoms with van der Waals surface area (Å²) in [5.41, 5.74) is 0.384. The van der Waals surface area contributed by atoms with Crippen molar-refractivity contribution in [3.05, 3.63) is 48.2 Å². The zero-order valence-electron chi connectivity index (χ0n) is 13.1. The van der Waals surface area contributed by atoms with Crippen LogP contribution in [-0.2, 0) is 6.18 Å². The smallest absolute Gasteiger partial charge is 0.354 e. The molecule has 128 valence electrons. The Morgan fingerprint density at radius 2 is 1.67 bits per heavy atom. The summed E-state index contributed by atoms with van der Waals surface area (Å²) in [5, 5.41) is 8.18. The summed E-state index contributed by atoms with van der Waals surface area (Å²) < 4.78 is 37.5. The van der Waals surface area contributed by atoms with Gasteiger partial charge in [-0.15, -0.1) is 0 Å². The molecule has 0 fully saturated rings. The molecule has 0 bridgehead atoms. The highest BCUT2D eigenvalue weighted by Crippen LogP contribution is 2.30. The van der Waals surface area contributed by atoms with Gasteiger partial charge in [0.2, 0.25) is 0 Å². The van der Waals surface area contributed by atoms with Gasteiger partial charge in [-0.2, -0.15) is 13.2 Å². The lowest BCUT2D eigenvalue weighted by Gasteiger charge is -2.11. The van der Waals surface area contributed by atoms with E-state index in [9.17, 15) is 18.0 Å². The third-order valence-corrected chi connectivity index (χ3v) is 2.93. The van der Waals surface area contributed by atoms with Crippen LogP contribution in [0.5, 0.6) is 0 Å². The number of benzene rings is 1. The molecule has 0 atom stereocenters. The highest BCUT2D eigenvalue weighted by molar-refractivity contribution is 5.88. The molecule has 0 unspecified atom stereocenters. The van der Waals surface area contributed by atoms with Crippen LogP contribution >= 0.6 is 0 Å². The van der Waals surface area contributed by atoms with E-state index >= 15 is 0 Å². The fourth-order valence-corrected chi connectivity index (χ4v) is 1.87. The van der Waals surface area contributed by atoms with Crippen molar-refractivity contribution in [2.75, 3.05) is 10.6 Å². The van der Waals surface area contributed by atoms with E-state index in [0.29, 0.717) is 17.2 Å². The lowest BCUT2D eigenvalue weighted by atomic mass is 10.2. The lowest BCUT2D eigenvalue weighted by molar-refractivity contribution is -0.137. The Morgan fingerprint density at radius 1 is 1.04 bits per heavy atom. The number of alkyl halides is 3. The monoisotopic (exact) mass is 338 g/mol. The Kier molecular flexibility index (Phi) is 5.28. The molecule has 1 aromatic carbocycles. The first-order chi connectivity index (χ1) is 11.2. The highest BCUT2D eigenvalue weighted by Gasteiger charge is 2.29. The third-order valence-electron chi connectivity index (χ3n) is 2.93. The average molecular weight is 338 g/mol. The number of carbonyl (C=O) groups excluding carboxylic acids is 1. The van der Waals surface area contributed by atoms with Gasteiger partial charge in [0, 0.05) is 11.7 Å². The first-order valence-corrected chi connectivity index (χ1v) is 7.22. The largest absolute Gasteiger partial charge is 0.416 e. The number of carbonyl (C=O) groups is 1. The van der Waals surface area contributed by atoms with Crippen LogP contribution in [0.3, 0.4) is 0 Å². The second kappa shape index (κ2) is 7.20. The molecule has 2 aromatic rings. The van der Waals surface area contributed by atoms with Gasteiger partial charge in [-0.25, -0.2) is 9.78 Å². The fourth-order valence-electron chi connectivity index (χ4n) is 1.87. The Bertz CT molecular complexity index is 682. The third kappa shape index (κ3) is 5.15. The topological polar surface area (TPSA) is 66.1 Å². The zero-order valence-corrected chi connectivity index (χ0v) is 13.1. The fraction of sp³-hybridized carbons (Fsp3) is 0.250. The molecule has 0 saturated carbocycles. The maximum absolute atomic E-state index is 12.5. The Labute approximate surface area is 137 Å². The standard InChI is InChI=1S/C16H17F3N4O/c1-10(2)21-15(24)23-14-8-7-13(9-20-14)22-12-5-3-11(4-6-12)16(17,18)19/h3-10,22H,1-2H3,(H2,20,21,23,24). The average Bonchev–Trinajstić information content (AvgIpc) is 2.48. The van der Waals surface area contributed by atoms with Crippen molar-refractivity contribution in [2.24, 2.45) is 0 Å². The van der Waals surface area contributed by atoms with Crippen molar-refractivity contribution >= 4 is 23.2 Å². The molecule has 1 aromatic heterocycles. The van der Waals surface area contributed by atoms with Crippen molar-refractivity contribution in [3.63, 3.8) is 0 Å². The normalized spacial score (nSPS) is 11.2. The summed E-state index contributed by atoms with van der Waals surface area (Å²) in [7, 11) is 0. The Balaban J connectivity index is 1.97. The molecule has 2 rings (SSSR count). The number of hydrogen-bond donors (Lipinski definition) is 3. The maximum Gasteiger partial charge on any atom is 0.416 e. The SMILES string of the molecule is CC(C)NC(=O)Nc1ccc(Nc2ccc(C(F)(F)F)cc2)cn1. The predicted molar refractivity (Wildman–Crippen MR) is 86.3 cm³/mol.